The van der Waals surface area contributed by atoms with E-state index in [9.17, 15) is 0 Å². The van der Waals surface area contributed by atoms with Gasteiger partial charge in [-0.05, 0) is 24.0 Å². The number of allylic oxidation sites excluding steroid dienone is 1. The first kappa shape index (κ1) is 10.3. The van der Waals surface area contributed by atoms with E-state index in [-0.39, 0.29) is 0 Å². The van der Waals surface area contributed by atoms with Gasteiger partial charge in [0.05, 0.1) is 0 Å². The minimum Gasteiger partial charge on any atom is -0.0891 e. The number of hydrogen-bond donors (Lipinski definition) is 0. The maximum Gasteiger partial charge on any atom is 0.0189 e. The molecule has 70 valence electrons. The summed E-state index contributed by atoms with van der Waals surface area (Å²) >= 11 is 6.07. The van der Waals surface area contributed by atoms with Gasteiger partial charge in [0.15, 0.2) is 0 Å². The van der Waals surface area contributed by atoms with Crippen LogP contribution < -0.4 is 0 Å². The first-order valence-corrected chi connectivity index (χ1v) is 4.97. The van der Waals surface area contributed by atoms with Crippen LogP contribution in [0.15, 0.2) is 35.4 Å². The summed E-state index contributed by atoms with van der Waals surface area (Å²) in [7, 11) is 0. The van der Waals surface area contributed by atoms with Crippen molar-refractivity contribution in [2.45, 2.75) is 20.3 Å². The number of rotatable bonds is 3. The molecular formula is C12H15Cl. The molecule has 0 nitrogen and oxygen atoms in total. The fourth-order valence-electron chi connectivity index (χ4n) is 1.18. The third kappa shape index (κ3) is 4.14. The van der Waals surface area contributed by atoms with E-state index in [1.165, 1.54) is 5.56 Å². The number of benzene rings is 1. The maximum absolute atomic E-state index is 6.07. The van der Waals surface area contributed by atoms with Gasteiger partial charge in [0.25, 0.3) is 0 Å². The maximum atomic E-state index is 6.07. The van der Waals surface area contributed by atoms with Gasteiger partial charge in [0.2, 0.25) is 0 Å². The highest BCUT2D eigenvalue weighted by atomic mass is 35.5. The Morgan fingerprint density at radius 1 is 1.31 bits per heavy atom. The molecule has 1 rings (SSSR count). The van der Waals surface area contributed by atoms with E-state index in [1.54, 1.807) is 0 Å². The summed E-state index contributed by atoms with van der Waals surface area (Å²) in [5.41, 5.74) is 1.17. The molecule has 1 aromatic carbocycles. The molecular weight excluding hydrogens is 180 g/mol. The van der Waals surface area contributed by atoms with E-state index < -0.39 is 0 Å². The zero-order valence-electron chi connectivity index (χ0n) is 8.13. The van der Waals surface area contributed by atoms with Gasteiger partial charge in [-0.25, -0.2) is 0 Å². The minimum atomic E-state index is 0.618. The molecule has 1 aromatic rings. The first-order valence-electron chi connectivity index (χ1n) is 4.59. The summed E-state index contributed by atoms with van der Waals surface area (Å²) in [6, 6.07) is 10.2. The van der Waals surface area contributed by atoms with Gasteiger partial charge < -0.3 is 0 Å². The molecule has 0 unspecified atom stereocenters. The van der Waals surface area contributed by atoms with Crippen LogP contribution in [0.4, 0.5) is 0 Å². The Bertz CT molecular complexity index is 272. The Balaban J connectivity index is 2.66. The van der Waals surface area contributed by atoms with E-state index in [1.807, 2.05) is 24.3 Å². The van der Waals surface area contributed by atoms with Crippen molar-refractivity contribution >= 4 is 17.7 Å². The van der Waals surface area contributed by atoms with E-state index >= 15 is 0 Å². The van der Waals surface area contributed by atoms with Crippen LogP contribution in [0.2, 0.25) is 0 Å². The molecule has 0 saturated carbocycles. The summed E-state index contributed by atoms with van der Waals surface area (Å²) in [6.07, 6.45) is 2.98. The molecule has 0 saturated heterocycles. The molecule has 1 heteroatoms. The van der Waals surface area contributed by atoms with Crippen molar-refractivity contribution in [3.05, 3.63) is 40.9 Å². The van der Waals surface area contributed by atoms with Crippen LogP contribution in [0.1, 0.15) is 25.8 Å². The second kappa shape index (κ2) is 5.08. The molecule has 0 aliphatic heterocycles. The molecule has 0 atom stereocenters. The molecule has 0 radical (unpaired) electrons. The zero-order valence-corrected chi connectivity index (χ0v) is 8.88. The average Bonchev–Trinajstić information content (AvgIpc) is 2.04. The largest absolute Gasteiger partial charge is 0.0891 e. The Hall–Kier alpha value is -0.750. The predicted molar refractivity (Wildman–Crippen MR) is 59.7 cm³/mol. The fourth-order valence-corrected chi connectivity index (χ4v) is 1.61. The van der Waals surface area contributed by atoms with Crippen molar-refractivity contribution < 1.29 is 0 Å². The van der Waals surface area contributed by atoms with Gasteiger partial charge in [-0.1, -0.05) is 55.8 Å². The molecule has 13 heavy (non-hydrogen) atoms. The summed E-state index contributed by atoms with van der Waals surface area (Å²) in [6.45, 7) is 4.34. The summed E-state index contributed by atoms with van der Waals surface area (Å²) < 4.78 is 0. The van der Waals surface area contributed by atoms with Crippen LogP contribution in [-0.2, 0) is 0 Å². The highest BCUT2D eigenvalue weighted by Crippen LogP contribution is 2.17. The molecule has 0 N–H and O–H groups in total. The highest BCUT2D eigenvalue weighted by Gasteiger charge is 1.97. The SMILES string of the molecule is CC(C)CC(Cl)=Cc1ccccc1. The van der Waals surface area contributed by atoms with Crippen LogP contribution >= 0.6 is 11.6 Å². The lowest BCUT2D eigenvalue weighted by molar-refractivity contribution is 0.659. The number of halogens is 1. The Kier molecular flexibility index (Phi) is 4.04. The highest BCUT2D eigenvalue weighted by molar-refractivity contribution is 6.31. The van der Waals surface area contributed by atoms with E-state index in [0.717, 1.165) is 11.5 Å². The molecule has 0 heterocycles. The van der Waals surface area contributed by atoms with Gasteiger partial charge >= 0.3 is 0 Å². The van der Waals surface area contributed by atoms with Gasteiger partial charge in [0, 0.05) is 5.03 Å². The smallest absolute Gasteiger partial charge is 0.0189 e. The quantitative estimate of drug-likeness (QED) is 0.673. The normalized spacial score (nSPS) is 12.2. The molecule has 0 aromatic heterocycles. The minimum absolute atomic E-state index is 0.618. The first-order chi connectivity index (χ1) is 6.18. The van der Waals surface area contributed by atoms with Crippen LogP contribution in [-0.4, -0.2) is 0 Å². The standard InChI is InChI=1S/C12H15Cl/c1-10(2)8-12(13)9-11-6-4-3-5-7-11/h3-7,9-10H,8H2,1-2H3. The van der Waals surface area contributed by atoms with Crippen molar-refractivity contribution in [3.8, 4) is 0 Å². The van der Waals surface area contributed by atoms with Crippen molar-refractivity contribution in [1.29, 1.82) is 0 Å². The molecule has 0 fully saturated rings. The van der Waals surface area contributed by atoms with Gasteiger partial charge in [0.1, 0.15) is 0 Å². The third-order valence-electron chi connectivity index (χ3n) is 1.73. The lowest BCUT2D eigenvalue weighted by Crippen LogP contribution is -1.85. The average molecular weight is 195 g/mol. The summed E-state index contributed by atoms with van der Waals surface area (Å²) in [5.74, 6) is 0.618. The third-order valence-corrected chi connectivity index (χ3v) is 1.99. The van der Waals surface area contributed by atoms with Crippen LogP contribution in [0.3, 0.4) is 0 Å². The molecule has 0 spiro atoms. The molecule has 0 amide bonds. The van der Waals surface area contributed by atoms with Gasteiger partial charge in [-0.3, -0.25) is 0 Å². The van der Waals surface area contributed by atoms with Crippen LogP contribution in [0, 0.1) is 5.92 Å². The van der Waals surface area contributed by atoms with Gasteiger partial charge in [-0.2, -0.15) is 0 Å². The predicted octanol–water partition coefficient (Wildman–Crippen LogP) is 4.31. The second-order valence-corrected chi connectivity index (χ2v) is 4.09. The molecule has 0 aliphatic rings. The van der Waals surface area contributed by atoms with Crippen molar-refractivity contribution in [3.63, 3.8) is 0 Å². The van der Waals surface area contributed by atoms with E-state index in [4.69, 9.17) is 11.6 Å². The van der Waals surface area contributed by atoms with Crippen LogP contribution in [0.25, 0.3) is 6.08 Å². The second-order valence-electron chi connectivity index (χ2n) is 3.60. The lowest BCUT2D eigenvalue weighted by atomic mass is 10.1. The molecule has 0 bridgehead atoms. The summed E-state index contributed by atoms with van der Waals surface area (Å²) in [4.78, 5) is 0. The van der Waals surface area contributed by atoms with E-state index in [0.29, 0.717) is 5.92 Å². The van der Waals surface area contributed by atoms with Crippen molar-refractivity contribution in [1.82, 2.24) is 0 Å². The zero-order chi connectivity index (χ0) is 9.68. The van der Waals surface area contributed by atoms with Crippen molar-refractivity contribution in [2.24, 2.45) is 5.92 Å². The fraction of sp³-hybridized carbons (Fsp3) is 0.333. The monoisotopic (exact) mass is 194 g/mol. The van der Waals surface area contributed by atoms with Gasteiger partial charge in [-0.15, -0.1) is 0 Å². The molecule has 0 aliphatic carbocycles. The Morgan fingerprint density at radius 2 is 1.92 bits per heavy atom. The van der Waals surface area contributed by atoms with E-state index in [2.05, 4.69) is 26.0 Å². The van der Waals surface area contributed by atoms with Crippen molar-refractivity contribution in [2.75, 3.05) is 0 Å². The lowest BCUT2D eigenvalue weighted by Gasteiger charge is -2.02. The summed E-state index contributed by atoms with van der Waals surface area (Å²) in [5, 5.41) is 0.932. The number of hydrogen-bond acceptors (Lipinski definition) is 0. The van der Waals surface area contributed by atoms with Crippen LogP contribution in [0.5, 0.6) is 0 Å². The topological polar surface area (TPSA) is 0 Å². The Morgan fingerprint density at radius 3 is 2.46 bits per heavy atom. The Labute approximate surface area is 85.2 Å².